The first-order chi connectivity index (χ1) is 11.8. The Balaban J connectivity index is 1.56. The normalized spacial score (nSPS) is 12.4. The zero-order valence-electron chi connectivity index (χ0n) is 13.3. The molecule has 1 N–H and O–H groups in total. The summed E-state index contributed by atoms with van der Waals surface area (Å²) in [5.74, 6) is 1.85. The summed E-state index contributed by atoms with van der Waals surface area (Å²) in [4.78, 5) is 12.0. The smallest absolute Gasteiger partial charge is 0.271 e. The van der Waals surface area contributed by atoms with E-state index in [1.165, 1.54) is 0 Å². The summed E-state index contributed by atoms with van der Waals surface area (Å²) in [5, 5.41) is 3.96. The molecule has 0 fully saturated rings. The molecule has 1 amide bonds. The number of rotatable bonds is 6. The van der Waals surface area contributed by atoms with Crippen molar-refractivity contribution in [2.24, 2.45) is 5.10 Å². The first-order valence-corrected chi connectivity index (χ1v) is 7.72. The van der Waals surface area contributed by atoms with Gasteiger partial charge in [-0.05, 0) is 54.4 Å². The van der Waals surface area contributed by atoms with Crippen molar-refractivity contribution in [1.82, 2.24) is 5.43 Å². The van der Waals surface area contributed by atoms with Crippen LogP contribution in [-0.4, -0.2) is 25.5 Å². The number of nitrogens with zero attached hydrogens (tertiary/aromatic N) is 1. The Hall–Kier alpha value is -3.02. The highest BCUT2D eigenvalue weighted by atomic mass is 16.7. The van der Waals surface area contributed by atoms with Gasteiger partial charge in [-0.25, -0.2) is 5.43 Å². The molecule has 2 aromatic carbocycles. The molecule has 1 heterocycles. The number of hydrogen-bond acceptors (Lipinski definition) is 5. The summed E-state index contributed by atoms with van der Waals surface area (Å²) >= 11 is 0. The van der Waals surface area contributed by atoms with Crippen LogP contribution in [0.3, 0.4) is 0 Å². The minimum atomic E-state index is -0.283. The number of ether oxygens (including phenoxy) is 3. The molecule has 124 valence electrons. The molecule has 2 aromatic rings. The summed E-state index contributed by atoms with van der Waals surface area (Å²) in [7, 11) is 0. The summed E-state index contributed by atoms with van der Waals surface area (Å²) < 4.78 is 16.0. The standard InChI is InChI=1S/C18H18N2O4/c1-2-9-22-15-6-4-14(5-7-15)18(21)20-19-11-13-3-8-16-17(10-13)24-12-23-16/h3-8,10-11H,2,9,12H2,1H3,(H,20,21). The SMILES string of the molecule is CCCOc1ccc(C(=O)NN=Cc2ccc3c(c2)OCO3)cc1. The average Bonchev–Trinajstić information content (AvgIpc) is 3.08. The van der Waals surface area contributed by atoms with Gasteiger partial charge >= 0.3 is 0 Å². The number of nitrogens with one attached hydrogen (secondary N) is 1. The van der Waals surface area contributed by atoms with Crippen LogP contribution in [0.1, 0.15) is 29.3 Å². The van der Waals surface area contributed by atoms with E-state index in [0.29, 0.717) is 23.7 Å². The lowest BCUT2D eigenvalue weighted by molar-refractivity contribution is 0.0955. The van der Waals surface area contributed by atoms with E-state index in [0.717, 1.165) is 17.7 Å². The predicted molar refractivity (Wildman–Crippen MR) is 89.9 cm³/mol. The van der Waals surface area contributed by atoms with E-state index in [1.54, 1.807) is 42.6 Å². The van der Waals surface area contributed by atoms with Crippen LogP contribution in [0.4, 0.5) is 0 Å². The first kappa shape index (κ1) is 15.9. The van der Waals surface area contributed by atoms with Crippen molar-refractivity contribution in [1.29, 1.82) is 0 Å². The second-order valence-electron chi connectivity index (χ2n) is 5.18. The lowest BCUT2D eigenvalue weighted by Gasteiger charge is -2.05. The Morgan fingerprint density at radius 2 is 2.00 bits per heavy atom. The second-order valence-corrected chi connectivity index (χ2v) is 5.18. The van der Waals surface area contributed by atoms with E-state index >= 15 is 0 Å². The fourth-order valence-electron chi connectivity index (χ4n) is 2.15. The van der Waals surface area contributed by atoms with Crippen LogP contribution < -0.4 is 19.6 Å². The molecule has 0 bridgehead atoms. The van der Waals surface area contributed by atoms with Gasteiger partial charge in [-0.15, -0.1) is 0 Å². The molecule has 6 nitrogen and oxygen atoms in total. The molecule has 6 heteroatoms. The van der Waals surface area contributed by atoms with Gasteiger partial charge in [0.1, 0.15) is 5.75 Å². The number of fused-ring (bicyclic) bond motifs is 1. The van der Waals surface area contributed by atoms with Crippen molar-refractivity contribution in [3.8, 4) is 17.2 Å². The van der Waals surface area contributed by atoms with Gasteiger partial charge < -0.3 is 14.2 Å². The number of benzene rings is 2. The number of carbonyl (C=O) groups excluding carboxylic acids is 1. The summed E-state index contributed by atoms with van der Waals surface area (Å²) in [5.41, 5.74) is 3.82. The third kappa shape index (κ3) is 3.84. The molecule has 0 aliphatic carbocycles. The van der Waals surface area contributed by atoms with E-state index in [4.69, 9.17) is 14.2 Å². The number of hydrazone groups is 1. The fraction of sp³-hybridized carbons (Fsp3) is 0.222. The van der Waals surface area contributed by atoms with Crippen LogP contribution in [0.2, 0.25) is 0 Å². The molecular weight excluding hydrogens is 308 g/mol. The minimum Gasteiger partial charge on any atom is -0.494 e. The Morgan fingerprint density at radius 1 is 1.21 bits per heavy atom. The highest BCUT2D eigenvalue weighted by Crippen LogP contribution is 2.31. The molecule has 1 aliphatic rings. The molecule has 0 unspecified atom stereocenters. The van der Waals surface area contributed by atoms with E-state index < -0.39 is 0 Å². The maximum Gasteiger partial charge on any atom is 0.271 e. The van der Waals surface area contributed by atoms with Gasteiger partial charge in [-0.2, -0.15) is 5.10 Å². The maximum atomic E-state index is 12.0. The van der Waals surface area contributed by atoms with E-state index in [1.807, 2.05) is 13.0 Å². The van der Waals surface area contributed by atoms with Gasteiger partial charge in [-0.1, -0.05) is 6.92 Å². The Kier molecular flexibility index (Phi) is 4.96. The Morgan fingerprint density at radius 3 is 2.79 bits per heavy atom. The maximum absolute atomic E-state index is 12.0. The molecule has 1 aliphatic heterocycles. The lowest BCUT2D eigenvalue weighted by Crippen LogP contribution is -2.17. The Labute approximate surface area is 140 Å². The molecule has 0 spiro atoms. The average molecular weight is 326 g/mol. The van der Waals surface area contributed by atoms with Gasteiger partial charge in [-0.3, -0.25) is 4.79 Å². The number of amides is 1. The summed E-state index contributed by atoms with van der Waals surface area (Å²) in [6.07, 6.45) is 2.50. The summed E-state index contributed by atoms with van der Waals surface area (Å²) in [6.45, 7) is 2.93. The summed E-state index contributed by atoms with van der Waals surface area (Å²) in [6, 6.07) is 12.4. The van der Waals surface area contributed by atoms with Gasteiger partial charge in [0.2, 0.25) is 6.79 Å². The molecule has 0 atom stereocenters. The highest BCUT2D eigenvalue weighted by molar-refractivity contribution is 5.95. The Bertz CT molecular complexity index is 741. The molecule has 0 aromatic heterocycles. The van der Waals surface area contributed by atoms with Crippen LogP contribution >= 0.6 is 0 Å². The number of hydrogen-bond donors (Lipinski definition) is 1. The van der Waals surface area contributed by atoms with Crippen molar-refractivity contribution in [3.05, 3.63) is 53.6 Å². The zero-order valence-corrected chi connectivity index (χ0v) is 13.3. The fourth-order valence-corrected chi connectivity index (χ4v) is 2.15. The van der Waals surface area contributed by atoms with Crippen molar-refractivity contribution < 1.29 is 19.0 Å². The molecule has 0 saturated carbocycles. The molecule has 24 heavy (non-hydrogen) atoms. The van der Waals surface area contributed by atoms with Gasteiger partial charge in [0.15, 0.2) is 11.5 Å². The van der Waals surface area contributed by atoms with Crippen molar-refractivity contribution in [2.75, 3.05) is 13.4 Å². The third-order valence-corrected chi connectivity index (χ3v) is 3.37. The monoisotopic (exact) mass is 326 g/mol. The molecule has 0 radical (unpaired) electrons. The minimum absolute atomic E-state index is 0.227. The van der Waals surface area contributed by atoms with Crippen LogP contribution in [0.15, 0.2) is 47.6 Å². The van der Waals surface area contributed by atoms with Crippen molar-refractivity contribution in [3.63, 3.8) is 0 Å². The predicted octanol–water partition coefficient (Wildman–Crippen LogP) is 2.97. The van der Waals surface area contributed by atoms with Crippen LogP contribution in [0, 0.1) is 0 Å². The van der Waals surface area contributed by atoms with Crippen molar-refractivity contribution >= 4 is 12.1 Å². The second kappa shape index (κ2) is 7.50. The highest BCUT2D eigenvalue weighted by Gasteiger charge is 2.12. The first-order valence-electron chi connectivity index (χ1n) is 7.72. The van der Waals surface area contributed by atoms with Gasteiger partial charge in [0.25, 0.3) is 5.91 Å². The van der Waals surface area contributed by atoms with E-state index in [2.05, 4.69) is 10.5 Å². The van der Waals surface area contributed by atoms with Gasteiger partial charge in [0.05, 0.1) is 12.8 Å². The van der Waals surface area contributed by atoms with Gasteiger partial charge in [0, 0.05) is 5.56 Å². The zero-order chi connectivity index (χ0) is 16.8. The van der Waals surface area contributed by atoms with Crippen LogP contribution in [0.5, 0.6) is 17.2 Å². The van der Waals surface area contributed by atoms with E-state index in [9.17, 15) is 4.79 Å². The van der Waals surface area contributed by atoms with E-state index in [-0.39, 0.29) is 12.7 Å². The van der Waals surface area contributed by atoms with Crippen LogP contribution in [0.25, 0.3) is 0 Å². The van der Waals surface area contributed by atoms with Crippen molar-refractivity contribution in [2.45, 2.75) is 13.3 Å². The topological polar surface area (TPSA) is 69.2 Å². The lowest BCUT2D eigenvalue weighted by atomic mass is 10.2. The molecule has 0 saturated heterocycles. The number of carbonyl (C=O) groups is 1. The molecular formula is C18H18N2O4. The largest absolute Gasteiger partial charge is 0.494 e. The third-order valence-electron chi connectivity index (χ3n) is 3.37. The quantitative estimate of drug-likeness (QED) is 0.654. The molecule has 3 rings (SSSR count). The van der Waals surface area contributed by atoms with Crippen LogP contribution in [-0.2, 0) is 0 Å².